The molecule has 1 heterocycles. The van der Waals surface area contributed by atoms with Crippen LogP contribution in [-0.4, -0.2) is 38.6 Å². The molecule has 7 heteroatoms. The zero-order chi connectivity index (χ0) is 19.3. The molecule has 2 aromatic carbocycles. The van der Waals surface area contributed by atoms with Gasteiger partial charge in [-0.2, -0.15) is 0 Å². The second kappa shape index (κ2) is 10.2. The van der Waals surface area contributed by atoms with Crippen LogP contribution in [0.15, 0.2) is 53.5 Å². The number of nitrogens with zero attached hydrogens (tertiary/aromatic N) is 2. The van der Waals surface area contributed by atoms with Crippen LogP contribution in [-0.2, 0) is 35.1 Å². The Hall–Kier alpha value is -1.61. The predicted octanol–water partition coefficient (Wildman–Crippen LogP) is 3.37. The van der Waals surface area contributed by atoms with Crippen LogP contribution < -0.4 is 5.32 Å². The van der Waals surface area contributed by atoms with Crippen molar-refractivity contribution < 1.29 is 8.42 Å². The number of nitrogens with one attached hydrogen (secondary N) is 1. The summed E-state index contributed by atoms with van der Waals surface area (Å²) in [5.74, 6) is 0.999. The minimum atomic E-state index is -3.01. The summed E-state index contributed by atoms with van der Waals surface area (Å²) >= 11 is 0. The van der Waals surface area contributed by atoms with E-state index in [1.54, 1.807) is 0 Å². The summed E-state index contributed by atoms with van der Waals surface area (Å²) in [5.41, 5.74) is 4.66. The van der Waals surface area contributed by atoms with Crippen molar-refractivity contribution >= 4 is 39.8 Å². The molecule has 0 spiro atoms. The van der Waals surface area contributed by atoms with Crippen LogP contribution in [0.4, 0.5) is 0 Å². The second-order valence-electron chi connectivity index (χ2n) is 7.00. The third-order valence-electron chi connectivity index (χ3n) is 4.63. The monoisotopic (exact) mass is 513 g/mol. The molecule has 0 saturated heterocycles. The maximum Gasteiger partial charge on any atom is 0.194 e. The van der Waals surface area contributed by atoms with E-state index >= 15 is 0 Å². The SMILES string of the molecule is CCNC(=NCc1ccc(CS(C)(=O)=O)cc1)N1CCc2ccccc2C1.I. The molecule has 152 valence electrons. The van der Waals surface area contributed by atoms with E-state index in [2.05, 4.69) is 41.4 Å². The lowest BCUT2D eigenvalue weighted by molar-refractivity contribution is 0.378. The Morgan fingerprint density at radius 2 is 1.71 bits per heavy atom. The van der Waals surface area contributed by atoms with Gasteiger partial charge >= 0.3 is 0 Å². The molecule has 5 nitrogen and oxygen atoms in total. The molecule has 0 amide bonds. The molecular formula is C21H28IN3O2S. The number of fused-ring (bicyclic) bond motifs is 1. The van der Waals surface area contributed by atoms with Gasteiger partial charge in [0, 0.05) is 25.9 Å². The molecule has 1 N–H and O–H groups in total. The van der Waals surface area contributed by atoms with E-state index in [1.807, 2.05) is 24.3 Å². The Labute approximate surface area is 185 Å². The highest BCUT2D eigenvalue weighted by Gasteiger charge is 2.18. The molecule has 1 aliphatic rings. The molecule has 28 heavy (non-hydrogen) atoms. The number of benzene rings is 2. The fraction of sp³-hybridized carbons (Fsp3) is 0.381. The topological polar surface area (TPSA) is 61.8 Å². The highest BCUT2D eigenvalue weighted by atomic mass is 127. The normalized spacial score (nSPS) is 14.2. The van der Waals surface area contributed by atoms with E-state index in [0.717, 1.165) is 43.1 Å². The fourth-order valence-corrected chi connectivity index (χ4v) is 4.11. The van der Waals surface area contributed by atoms with E-state index in [0.29, 0.717) is 6.54 Å². The first-order valence-electron chi connectivity index (χ1n) is 9.30. The Kier molecular flexibility index (Phi) is 8.30. The highest BCUT2D eigenvalue weighted by Crippen LogP contribution is 2.18. The van der Waals surface area contributed by atoms with E-state index < -0.39 is 9.84 Å². The van der Waals surface area contributed by atoms with Gasteiger partial charge in [0.05, 0.1) is 12.3 Å². The van der Waals surface area contributed by atoms with Crippen LogP contribution in [0, 0.1) is 0 Å². The van der Waals surface area contributed by atoms with Gasteiger partial charge in [-0.15, -0.1) is 24.0 Å². The third kappa shape index (κ3) is 6.48. The Balaban J connectivity index is 0.00000280. The van der Waals surface area contributed by atoms with Crippen molar-refractivity contribution in [1.29, 1.82) is 0 Å². The van der Waals surface area contributed by atoms with Gasteiger partial charge < -0.3 is 10.2 Å². The summed E-state index contributed by atoms with van der Waals surface area (Å²) in [7, 11) is -3.01. The zero-order valence-corrected chi connectivity index (χ0v) is 19.5. The predicted molar refractivity (Wildman–Crippen MR) is 126 cm³/mol. The minimum Gasteiger partial charge on any atom is -0.356 e. The summed E-state index contributed by atoms with van der Waals surface area (Å²) in [6, 6.07) is 16.2. The molecule has 0 atom stereocenters. The smallest absolute Gasteiger partial charge is 0.194 e. The standard InChI is InChI=1S/C21H27N3O2S.HI/c1-3-22-21(24-13-12-19-6-4-5-7-20(19)15-24)23-14-17-8-10-18(11-9-17)16-27(2,25)26;/h4-11H,3,12-16H2,1-2H3,(H,22,23);1H. The van der Waals surface area contributed by atoms with Crippen molar-refractivity contribution in [3.8, 4) is 0 Å². The molecule has 0 radical (unpaired) electrons. The number of sulfone groups is 1. The fourth-order valence-electron chi connectivity index (χ4n) is 3.31. The minimum absolute atomic E-state index is 0. The van der Waals surface area contributed by atoms with E-state index in [-0.39, 0.29) is 29.7 Å². The number of rotatable bonds is 5. The first-order valence-corrected chi connectivity index (χ1v) is 11.4. The van der Waals surface area contributed by atoms with Gasteiger partial charge in [-0.25, -0.2) is 13.4 Å². The Morgan fingerprint density at radius 1 is 1.07 bits per heavy atom. The van der Waals surface area contributed by atoms with Crippen LogP contribution in [0.25, 0.3) is 0 Å². The molecule has 0 saturated carbocycles. The summed E-state index contributed by atoms with van der Waals surface area (Å²) in [6.45, 7) is 5.29. The molecule has 0 unspecified atom stereocenters. The molecule has 0 aromatic heterocycles. The van der Waals surface area contributed by atoms with Crippen LogP contribution in [0.5, 0.6) is 0 Å². The molecule has 0 bridgehead atoms. The first kappa shape index (κ1) is 22.7. The van der Waals surface area contributed by atoms with Gasteiger partial charge in [-0.1, -0.05) is 48.5 Å². The van der Waals surface area contributed by atoms with Crippen LogP contribution in [0.2, 0.25) is 0 Å². The van der Waals surface area contributed by atoms with Crippen molar-refractivity contribution in [3.63, 3.8) is 0 Å². The maximum absolute atomic E-state index is 11.4. The van der Waals surface area contributed by atoms with E-state index in [1.165, 1.54) is 17.4 Å². The summed E-state index contributed by atoms with van der Waals surface area (Å²) in [5, 5.41) is 3.39. The van der Waals surface area contributed by atoms with Gasteiger partial charge in [0.2, 0.25) is 0 Å². The number of aliphatic imine (C=N–C) groups is 1. The quantitative estimate of drug-likeness (QED) is 0.379. The van der Waals surface area contributed by atoms with E-state index in [9.17, 15) is 8.42 Å². The van der Waals surface area contributed by atoms with Crippen LogP contribution in [0.3, 0.4) is 0 Å². The average Bonchev–Trinajstić information content (AvgIpc) is 2.65. The average molecular weight is 513 g/mol. The van der Waals surface area contributed by atoms with Crippen LogP contribution in [0.1, 0.15) is 29.2 Å². The van der Waals surface area contributed by atoms with E-state index in [4.69, 9.17) is 4.99 Å². The molecule has 0 fully saturated rings. The van der Waals surface area contributed by atoms with Crippen molar-refractivity contribution in [1.82, 2.24) is 10.2 Å². The molecule has 3 rings (SSSR count). The largest absolute Gasteiger partial charge is 0.356 e. The van der Waals surface area contributed by atoms with Crippen molar-refractivity contribution in [2.24, 2.45) is 4.99 Å². The highest BCUT2D eigenvalue weighted by molar-refractivity contribution is 14.0. The summed E-state index contributed by atoms with van der Waals surface area (Å²) < 4.78 is 22.8. The van der Waals surface area contributed by atoms with Gasteiger partial charge in [0.1, 0.15) is 0 Å². The molecule has 0 aliphatic carbocycles. The summed E-state index contributed by atoms with van der Waals surface area (Å²) in [4.78, 5) is 7.09. The second-order valence-corrected chi connectivity index (χ2v) is 9.14. The number of hydrogen-bond donors (Lipinski definition) is 1. The van der Waals surface area contributed by atoms with Crippen molar-refractivity contribution in [2.75, 3.05) is 19.3 Å². The molecule has 1 aliphatic heterocycles. The van der Waals surface area contributed by atoms with Crippen LogP contribution >= 0.6 is 24.0 Å². The van der Waals surface area contributed by atoms with Gasteiger partial charge in [0.25, 0.3) is 0 Å². The molecule has 2 aromatic rings. The zero-order valence-electron chi connectivity index (χ0n) is 16.4. The van der Waals surface area contributed by atoms with Gasteiger partial charge in [0.15, 0.2) is 15.8 Å². The lowest BCUT2D eigenvalue weighted by Crippen LogP contribution is -2.44. The lowest BCUT2D eigenvalue weighted by atomic mass is 10.0. The van der Waals surface area contributed by atoms with Crippen molar-refractivity contribution in [3.05, 3.63) is 70.8 Å². The number of halogens is 1. The van der Waals surface area contributed by atoms with Gasteiger partial charge in [-0.3, -0.25) is 0 Å². The molecular weight excluding hydrogens is 485 g/mol. The Bertz CT molecular complexity index is 912. The number of guanidine groups is 1. The summed E-state index contributed by atoms with van der Waals surface area (Å²) in [6.07, 6.45) is 2.28. The Morgan fingerprint density at radius 3 is 2.36 bits per heavy atom. The third-order valence-corrected chi connectivity index (χ3v) is 5.49. The van der Waals surface area contributed by atoms with Gasteiger partial charge in [-0.05, 0) is 35.6 Å². The van der Waals surface area contributed by atoms with Crippen molar-refractivity contribution in [2.45, 2.75) is 32.2 Å². The lowest BCUT2D eigenvalue weighted by Gasteiger charge is -2.31. The number of hydrogen-bond acceptors (Lipinski definition) is 3. The maximum atomic E-state index is 11.4. The first-order chi connectivity index (χ1) is 12.9.